The van der Waals surface area contributed by atoms with Gasteiger partial charge in [-0.15, -0.1) is 12.6 Å². The van der Waals surface area contributed by atoms with E-state index in [2.05, 4.69) is 35.0 Å². The van der Waals surface area contributed by atoms with Crippen LogP contribution < -0.4 is 67.4 Å². The topological polar surface area (TPSA) is 64.3 Å². The standard InChI is InChI=1S/C8H5F2O2.CH4N2S2.K/c9-8(10)12-7-3-1-6(5-11)2-4-7;2-3-1(4)5;/h1-4,8H;2H2,(H2,3,4,5);/q-1;;+1. The van der Waals surface area contributed by atoms with Crippen molar-refractivity contribution in [3.05, 3.63) is 29.8 Å². The van der Waals surface area contributed by atoms with E-state index in [1.165, 1.54) is 24.3 Å². The number of halogens is 2. The molecule has 1 rings (SSSR count). The Morgan fingerprint density at radius 1 is 1.44 bits per heavy atom. The van der Waals surface area contributed by atoms with Crippen molar-refractivity contribution in [3.63, 3.8) is 0 Å². The van der Waals surface area contributed by atoms with Crippen LogP contribution in [0.25, 0.3) is 0 Å². The van der Waals surface area contributed by atoms with E-state index in [-0.39, 0.29) is 57.1 Å². The molecule has 3 N–H and O–H groups in total. The molecule has 1 aromatic rings. The number of nitrogens with one attached hydrogen (secondary N) is 1. The fourth-order valence-corrected chi connectivity index (χ4v) is 0.704. The number of benzene rings is 1. The van der Waals surface area contributed by atoms with Gasteiger partial charge in [0.15, 0.2) is 0 Å². The molecule has 0 fully saturated rings. The molecule has 0 radical (unpaired) electrons. The van der Waals surface area contributed by atoms with Crippen molar-refractivity contribution in [2.24, 2.45) is 5.84 Å². The van der Waals surface area contributed by atoms with E-state index < -0.39 is 6.61 Å². The average Bonchev–Trinajstić information content (AvgIpc) is 2.30. The van der Waals surface area contributed by atoms with Crippen LogP contribution in [-0.2, 0) is 4.79 Å². The number of rotatable bonds is 3. The third-order valence-corrected chi connectivity index (χ3v) is 1.57. The molecule has 0 bridgehead atoms. The van der Waals surface area contributed by atoms with Gasteiger partial charge in [0.1, 0.15) is 10.1 Å². The Bertz CT molecular complexity index is 366. The number of carbonyl (C=O) groups excluding carboxylic acids is 1. The first kappa shape index (κ1) is 20.7. The third-order valence-electron chi connectivity index (χ3n) is 1.32. The molecule has 94 valence electrons. The van der Waals surface area contributed by atoms with Crippen LogP contribution in [0.3, 0.4) is 0 Å². The summed E-state index contributed by atoms with van der Waals surface area (Å²) in [6.07, 6.45) is 1.61. The van der Waals surface area contributed by atoms with Crippen LogP contribution in [-0.4, -0.2) is 17.2 Å². The van der Waals surface area contributed by atoms with Crippen LogP contribution in [0.5, 0.6) is 5.75 Å². The predicted molar refractivity (Wildman–Crippen MR) is 66.8 cm³/mol. The zero-order chi connectivity index (χ0) is 13.3. The first-order chi connectivity index (χ1) is 7.99. The molecular weight excluding hydrogens is 309 g/mol. The van der Waals surface area contributed by atoms with Gasteiger partial charge in [-0.2, -0.15) is 26.5 Å². The molecule has 0 aliphatic rings. The Labute approximate surface area is 156 Å². The number of hydrazine groups is 1. The van der Waals surface area contributed by atoms with Crippen LogP contribution in [0.1, 0.15) is 5.56 Å². The third kappa shape index (κ3) is 11.5. The number of hydrogen-bond acceptors (Lipinski definition) is 4. The Morgan fingerprint density at radius 3 is 2.17 bits per heavy atom. The summed E-state index contributed by atoms with van der Waals surface area (Å²) in [7, 11) is 0. The number of thiocarbonyl (C=S) groups is 1. The van der Waals surface area contributed by atoms with Crippen molar-refractivity contribution < 1.29 is 69.7 Å². The Balaban J connectivity index is 0. The molecule has 0 aliphatic carbocycles. The molecule has 0 amide bonds. The second-order valence-electron chi connectivity index (χ2n) is 2.45. The summed E-state index contributed by atoms with van der Waals surface area (Å²) >= 11 is 7.92. The maximum Gasteiger partial charge on any atom is 1.00 e. The second-order valence-corrected chi connectivity index (χ2v) is 3.61. The first-order valence-corrected chi connectivity index (χ1v) is 4.97. The summed E-state index contributed by atoms with van der Waals surface area (Å²) in [5, 5.41) is 0. The fraction of sp³-hybridized carbons (Fsp3) is 0.111. The number of nitrogens with two attached hydrogens (primary N) is 1. The van der Waals surface area contributed by atoms with Gasteiger partial charge in [-0.05, 0) is 0 Å². The molecular formula is C9H9F2KN2O2S2. The number of alkyl halides is 2. The Hall–Kier alpha value is 0.386. The molecule has 1 aromatic carbocycles. The van der Waals surface area contributed by atoms with Gasteiger partial charge in [0.25, 0.3) is 0 Å². The zero-order valence-corrected chi connectivity index (χ0v) is 14.2. The second kappa shape index (κ2) is 12.4. The molecule has 0 aromatic heterocycles. The summed E-state index contributed by atoms with van der Waals surface area (Å²) < 4.78 is 27.6. The summed E-state index contributed by atoms with van der Waals surface area (Å²) in [6, 6.07) is 5.27. The van der Waals surface area contributed by atoms with Gasteiger partial charge in [0, 0.05) is 0 Å². The number of hydrogen-bond donors (Lipinski definition) is 3. The van der Waals surface area contributed by atoms with Gasteiger partial charge in [-0.1, -0.05) is 24.4 Å². The normalized spacial score (nSPS) is 8.50. The minimum Gasteiger partial charge on any atom is -0.437 e. The van der Waals surface area contributed by atoms with Gasteiger partial charge >= 0.3 is 58.0 Å². The molecule has 0 atom stereocenters. The van der Waals surface area contributed by atoms with E-state index in [4.69, 9.17) is 5.84 Å². The quantitative estimate of drug-likeness (QED) is 0.157. The Kier molecular flexibility index (Phi) is 14.3. The van der Waals surface area contributed by atoms with Gasteiger partial charge in [0.05, 0.1) is 6.29 Å². The maximum atomic E-state index is 11.6. The minimum absolute atomic E-state index is 0. The largest absolute Gasteiger partial charge is 1.00 e. The molecule has 4 nitrogen and oxygen atoms in total. The van der Waals surface area contributed by atoms with Gasteiger partial charge in [0.2, 0.25) is 0 Å². The predicted octanol–water partition coefficient (Wildman–Crippen LogP) is -1.59. The summed E-state index contributed by atoms with van der Waals surface area (Å²) in [4.78, 5) is 10.0. The van der Waals surface area contributed by atoms with Crippen molar-refractivity contribution in [1.82, 2.24) is 5.43 Å². The van der Waals surface area contributed by atoms with Crippen LogP contribution >= 0.6 is 24.8 Å². The van der Waals surface area contributed by atoms with Gasteiger partial charge in [-0.3, -0.25) is 0 Å². The summed E-state index contributed by atoms with van der Waals surface area (Å²) in [5.74, 6) is 4.74. The minimum atomic E-state index is -2.84. The molecule has 0 aliphatic heterocycles. The van der Waals surface area contributed by atoms with Crippen LogP contribution in [0, 0.1) is 0 Å². The molecule has 9 heteroatoms. The fourth-order valence-electron chi connectivity index (χ4n) is 0.704. The summed E-state index contributed by atoms with van der Waals surface area (Å²) in [5.41, 5.74) is 2.43. The zero-order valence-electron chi connectivity index (χ0n) is 9.39. The van der Waals surface area contributed by atoms with Crippen molar-refractivity contribution in [3.8, 4) is 5.75 Å². The molecule has 0 saturated carbocycles. The molecule has 0 unspecified atom stereocenters. The van der Waals surface area contributed by atoms with E-state index in [9.17, 15) is 13.6 Å². The Morgan fingerprint density at radius 2 is 1.89 bits per heavy atom. The number of thiol groups is 1. The van der Waals surface area contributed by atoms with E-state index in [1.807, 2.05) is 0 Å². The molecule has 0 heterocycles. The van der Waals surface area contributed by atoms with E-state index in [1.54, 1.807) is 6.29 Å². The van der Waals surface area contributed by atoms with Crippen molar-refractivity contribution in [2.45, 2.75) is 6.61 Å². The first-order valence-electron chi connectivity index (χ1n) is 4.12. The van der Waals surface area contributed by atoms with Crippen molar-refractivity contribution in [1.29, 1.82) is 0 Å². The molecule has 18 heavy (non-hydrogen) atoms. The van der Waals surface area contributed by atoms with Crippen LogP contribution in [0.15, 0.2) is 24.3 Å². The van der Waals surface area contributed by atoms with Gasteiger partial charge < -0.3 is 15.0 Å². The van der Waals surface area contributed by atoms with Crippen LogP contribution in [0.4, 0.5) is 8.78 Å². The summed E-state index contributed by atoms with van der Waals surface area (Å²) in [6.45, 7) is -2.84. The van der Waals surface area contributed by atoms with Crippen molar-refractivity contribution >= 4 is 35.5 Å². The smallest absolute Gasteiger partial charge is 0.437 e. The van der Waals surface area contributed by atoms with E-state index in [0.29, 0.717) is 9.88 Å². The van der Waals surface area contributed by atoms with Crippen LogP contribution in [0.2, 0.25) is 0 Å². The molecule has 0 saturated heterocycles. The van der Waals surface area contributed by atoms with Gasteiger partial charge in [-0.25, -0.2) is 5.84 Å². The van der Waals surface area contributed by atoms with E-state index >= 15 is 0 Å². The van der Waals surface area contributed by atoms with Crippen molar-refractivity contribution in [2.75, 3.05) is 0 Å². The maximum absolute atomic E-state index is 11.6. The number of ether oxygens (including phenoxy) is 1. The monoisotopic (exact) mass is 318 g/mol. The van der Waals surface area contributed by atoms with E-state index in [0.717, 1.165) is 0 Å². The SMILES string of the molecule is NNC(=S)S.O=[C-]c1ccc(OC(F)F)cc1.[K+]. The molecule has 0 spiro atoms. The average molecular weight is 318 g/mol.